The summed E-state index contributed by atoms with van der Waals surface area (Å²) < 4.78 is 1.60. The molecule has 1 amide bonds. The SMILES string of the molecule is CN=C(NCCCN1CCCCCC1)NCc1cccc(NC(=O)Cn2cccn2)c1.I. The number of aromatic nitrogens is 2. The number of nitrogens with one attached hydrogen (secondary N) is 3. The minimum atomic E-state index is -0.101. The summed E-state index contributed by atoms with van der Waals surface area (Å²) in [5, 5.41) is 13.7. The average Bonchev–Trinajstić information content (AvgIpc) is 3.14. The van der Waals surface area contributed by atoms with E-state index in [-0.39, 0.29) is 36.4 Å². The molecule has 176 valence electrons. The molecule has 1 aromatic heterocycles. The summed E-state index contributed by atoms with van der Waals surface area (Å²) in [4.78, 5) is 19.1. The Morgan fingerprint density at radius 1 is 1.12 bits per heavy atom. The molecule has 0 radical (unpaired) electrons. The van der Waals surface area contributed by atoms with Gasteiger partial charge in [-0.05, 0) is 62.7 Å². The molecule has 0 spiro atoms. The second-order valence-corrected chi connectivity index (χ2v) is 7.91. The molecule has 0 bridgehead atoms. The number of hydrogen-bond acceptors (Lipinski definition) is 4. The zero-order chi connectivity index (χ0) is 21.7. The molecule has 8 nitrogen and oxygen atoms in total. The summed E-state index contributed by atoms with van der Waals surface area (Å²) in [7, 11) is 1.79. The van der Waals surface area contributed by atoms with E-state index in [4.69, 9.17) is 0 Å². The van der Waals surface area contributed by atoms with E-state index in [2.05, 4.69) is 30.9 Å². The molecule has 1 fully saturated rings. The highest BCUT2D eigenvalue weighted by Gasteiger charge is 2.08. The summed E-state index contributed by atoms with van der Waals surface area (Å²) in [5.41, 5.74) is 1.85. The smallest absolute Gasteiger partial charge is 0.246 e. The highest BCUT2D eigenvalue weighted by molar-refractivity contribution is 14.0. The molecule has 0 atom stereocenters. The van der Waals surface area contributed by atoms with Gasteiger partial charge < -0.3 is 20.9 Å². The van der Waals surface area contributed by atoms with Gasteiger partial charge in [-0.2, -0.15) is 5.10 Å². The Bertz CT molecular complexity index is 818. The van der Waals surface area contributed by atoms with E-state index in [1.807, 2.05) is 24.3 Å². The number of carbonyl (C=O) groups excluding carboxylic acids is 1. The quantitative estimate of drug-likeness (QED) is 0.192. The van der Waals surface area contributed by atoms with Crippen molar-refractivity contribution in [3.8, 4) is 0 Å². The molecule has 2 heterocycles. The van der Waals surface area contributed by atoms with Gasteiger partial charge in [0, 0.05) is 38.2 Å². The summed E-state index contributed by atoms with van der Waals surface area (Å²) in [5.74, 6) is 0.694. The van der Waals surface area contributed by atoms with Crippen molar-refractivity contribution < 1.29 is 4.79 Å². The van der Waals surface area contributed by atoms with E-state index in [0.717, 1.165) is 36.7 Å². The average molecular weight is 553 g/mol. The molecule has 1 saturated heterocycles. The van der Waals surface area contributed by atoms with Crippen molar-refractivity contribution in [3.05, 3.63) is 48.3 Å². The van der Waals surface area contributed by atoms with Crippen LogP contribution in [-0.2, 0) is 17.9 Å². The van der Waals surface area contributed by atoms with Crippen LogP contribution in [-0.4, -0.2) is 59.8 Å². The monoisotopic (exact) mass is 553 g/mol. The summed E-state index contributed by atoms with van der Waals surface area (Å²) in [6.45, 7) is 5.35. The molecule has 3 N–H and O–H groups in total. The third kappa shape index (κ3) is 9.56. The van der Waals surface area contributed by atoms with Gasteiger partial charge in [0.1, 0.15) is 6.54 Å². The van der Waals surface area contributed by atoms with Crippen molar-refractivity contribution >= 4 is 41.5 Å². The lowest BCUT2D eigenvalue weighted by atomic mass is 10.2. The van der Waals surface area contributed by atoms with Crippen molar-refractivity contribution in [1.82, 2.24) is 25.3 Å². The number of likely N-dealkylation sites (tertiary alicyclic amines) is 1. The molecule has 1 aromatic carbocycles. The topological polar surface area (TPSA) is 86.6 Å². The summed E-state index contributed by atoms with van der Waals surface area (Å²) >= 11 is 0. The maximum atomic E-state index is 12.2. The van der Waals surface area contributed by atoms with Crippen LogP contribution in [0.1, 0.15) is 37.7 Å². The molecular weight excluding hydrogens is 517 g/mol. The zero-order valence-electron chi connectivity index (χ0n) is 18.9. The lowest BCUT2D eigenvalue weighted by Gasteiger charge is -2.20. The second kappa shape index (κ2) is 14.8. The predicted octanol–water partition coefficient (Wildman–Crippen LogP) is 3.07. The van der Waals surface area contributed by atoms with Crippen LogP contribution in [0.4, 0.5) is 5.69 Å². The van der Waals surface area contributed by atoms with Gasteiger partial charge in [0.15, 0.2) is 5.96 Å². The normalized spacial score (nSPS) is 14.8. The highest BCUT2D eigenvalue weighted by atomic mass is 127. The number of carbonyl (C=O) groups is 1. The maximum Gasteiger partial charge on any atom is 0.246 e. The first-order chi connectivity index (χ1) is 15.2. The Morgan fingerprint density at radius 2 is 1.94 bits per heavy atom. The number of rotatable bonds is 9. The molecule has 0 saturated carbocycles. The van der Waals surface area contributed by atoms with Crippen LogP contribution in [0.25, 0.3) is 0 Å². The second-order valence-electron chi connectivity index (χ2n) is 7.91. The Labute approximate surface area is 208 Å². The molecule has 0 aliphatic carbocycles. The van der Waals surface area contributed by atoms with Gasteiger partial charge in [0.05, 0.1) is 0 Å². The lowest BCUT2D eigenvalue weighted by Crippen LogP contribution is -2.38. The molecule has 1 aliphatic rings. The van der Waals surface area contributed by atoms with Crippen LogP contribution in [0.5, 0.6) is 0 Å². The molecule has 3 rings (SSSR count). The van der Waals surface area contributed by atoms with Gasteiger partial charge in [-0.15, -0.1) is 24.0 Å². The van der Waals surface area contributed by atoms with Crippen molar-refractivity contribution in [2.24, 2.45) is 4.99 Å². The first-order valence-electron chi connectivity index (χ1n) is 11.3. The third-order valence-corrected chi connectivity index (χ3v) is 5.40. The molecule has 32 heavy (non-hydrogen) atoms. The van der Waals surface area contributed by atoms with Crippen molar-refractivity contribution in [2.45, 2.75) is 45.2 Å². The number of nitrogens with zero attached hydrogens (tertiary/aromatic N) is 4. The molecular formula is C23H36IN7O. The van der Waals surface area contributed by atoms with E-state index in [0.29, 0.717) is 6.54 Å². The number of guanidine groups is 1. The molecule has 0 unspecified atom stereocenters. The standard InChI is InChI=1S/C23H35N7O.HI/c1-24-23(25-11-7-15-29-13-4-2-3-5-14-29)26-18-20-9-6-10-21(17-20)28-22(31)19-30-16-8-12-27-30;/h6,8-10,12,16-17H,2-5,7,11,13-15,18-19H2,1H3,(H,28,31)(H2,24,25,26);1H. The zero-order valence-corrected chi connectivity index (χ0v) is 21.3. The third-order valence-electron chi connectivity index (χ3n) is 5.40. The number of benzene rings is 1. The van der Waals surface area contributed by atoms with E-state index in [1.165, 1.54) is 38.8 Å². The van der Waals surface area contributed by atoms with Crippen molar-refractivity contribution in [3.63, 3.8) is 0 Å². The van der Waals surface area contributed by atoms with Crippen LogP contribution in [0.3, 0.4) is 0 Å². The number of anilines is 1. The Hall–Kier alpha value is -2.14. The van der Waals surface area contributed by atoms with E-state index in [9.17, 15) is 4.79 Å². The van der Waals surface area contributed by atoms with Crippen molar-refractivity contribution in [1.29, 1.82) is 0 Å². The maximum absolute atomic E-state index is 12.2. The Balaban J connectivity index is 0.00000363. The minimum Gasteiger partial charge on any atom is -0.356 e. The molecule has 1 aliphatic heterocycles. The first kappa shape index (κ1) is 26.1. The fraction of sp³-hybridized carbons (Fsp3) is 0.522. The Morgan fingerprint density at radius 3 is 2.66 bits per heavy atom. The van der Waals surface area contributed by atoms with Crippen molar-refractivity contribution in [2.75, 3.05) is 38.5 Å². The van der Waals surface area contributed by atoms with Gasteiger partial charge in [0.25, 0.3) is 0 Å². The fourth-order valence-electron chi connectivity index (χ4n) is 3.78. The fourth-order valence-corrected chi connectivity index (χ4v) is 3.78. The molecule has 2 aromatic rings. The van der Waals surface area contributed by atoms with Gasteiger partial charge in [0.2, 0.25) is 5.91 Å². The first-order valence-corrected chi connectivity index (χ1v) is 11.3. The van der Waals surface area contributed by atoms with Gasteiger partial charge in [-0.1, -0.05) is 25.0 Å². The summed E-state index contributed by atoms with van der Waals surface area (Å²) in [6.07, 6.45) is 9.96. The van der Waals surface area contributed by atoms with E-state index < -0.39 is 0 Å². The summed E-state index contributed by atoms with van der Waals surface area (Å²) in [6, 6.07) is 9.64. The Kier molecular flexibility index (Phi) is 12.1. The van der Waals surface area contributed by atoms with Gasteiger partial charge >= 0.3 is 0 Å². The van der Waals surface area contributed by atoms with E-state index >= 15 is 0 Å². The largest absolute Gasteiger partial charge is 0.356 e. The van der Waals surface area contributed by atoms with E-state index in [1.54, 1.807) is 30.2 Å². The van der Waals surface area contributed by atoms with Gasteiger partial charge in [-0.25, -0.2) is 0 Å². The minimum absolute atomic E-state index is 0. The predicted molar refractivity (Wildman–Crippen MR) is 140 cm³/mol. The lowest BCUT2D eigenvalue weighted by molar-refractivity contribution is -0.116. The van der Waals surface area contributed by atoms with Crippen LogP contribution in [0.2, 0.25) is 0 Å². The number of aliphatic imine (C=N–C) groups is 1. The van der Waals surface area contributed by atoms with Crippen LogP contribution in [0, 0.1) is 0 Å². The number of halogens is 1. The number of amides is 1. The highest BCUT2D eigenvalue weighted by Crippen LogP contribution is 2.11. The van der Waals surface area contributed by atoms with Crippen LogP contribution >= 0.6 is 24.0 Å². The molecule has 9 heteroatoms. The number of hydrogen-bond donors (Lipinski definition) is 3. The van der Waals surface area contributed by atoms with Gasteiger partial charge in [-0.3, -0.25) is 14.5 Å². The van der Waals surface area contributed by atoms with Crippen LogP contribution in [0.15, 0.2) is 47.7 Å². The van der Waals surface area contributed by atoms with Crippen LogP contribution < -0.4 is 16.0 Å².